The van der Waals surface area contributed by atoms with Crippen molar-refractivity contribution in [3.8, 4) is 5.75 Å². The number of carbonyl (C=O) groups is 2. The molecule has 0 fully saturated rings. The molecule has 0 aliphatic carbocycles. The summed E-state index contributed by atoms with van der Waals surface area (Å²) in [7, 11) is 1.18. The molecule has 0 saturated heterocycles. The number of nitrogens with zero attached hydrogens (tertiary/aromatic N) is 3. The molecule has 2 aliphatic rings. The van der Waals surface area contributed by atoms with Crippen LogP contribution >= 0.6 is 0 Å². The minimum atomic E-state index is -0.949. The molecule has 1 aromatic heterocycles. The Hall–Kier alpha value is -4.27. The minimum absolute atomic E-state index is 0.0925. The molecule has 38 heavy (non-hydrogen) atoms. The van der Waals surface area contributed by atoms with Crippen LogP contribution in [0.1, 0.15) is 59.9 Å². The van der Waals surface area contributed by atoms with Gasteiger partial charge < -0.3 is 19.1 Å². The van der Waals surface area contributed by atoms with E-state index in [1.807, 2.05) is 43.0 Å². The maximum atomic E-state index is 14.1. The van der Waals surface area contributed by atoms with Gasteiger partial charge in [0.1, 0.15) is 6.17 Å². The first-order valence-electron chi connectivity index (χ1n) is 12.8. The summed E-state index contributed by atoms with van der Waals surface area (Å²) in [6.07, 6.45) is 2.95. The molecule has 0 spiro atoms. The largest absolute Gasteiger partial charge is 0.510 e. The zero-order valence-corrected chi connectivity index (χ0v) is 21.7. The van der Waals surface area contributed by atoms with Crippen LogP contribution in [-0.4, -0.2) is 47.7 Å². The van der Waals surface area contributed by atoms with Crippen molar-refractivity contribution in [2.75, 3.05) is 18.9 Å². The molecule has 9 heteroatoms. The van der Waals surface area contributed by atoms with Gasteiger partial charge in [-0.15, -0.1) is 0 Å². The van der Waals surface area contributed by atoms with Crippen molar-refractivity contribution in [3.05, 3.63) is 99.5 Å². The highest BCUT2D eigenvalue weighted by molar-refractivity contribution is 5.97. The maximum Gasteiger partial charge on any atom is 0.510 e. The molecule has 3 aromatic rings. The van der Waals surface area contributed by atoms with E-state index < -0.39 is 18.4 Å². The number of aryl methyl sites for hydroxylation is 1. The van der Waals surface area contributed by atoms with E-state index in [0.29, 0.717) is 0 Å². The molecular formula is C29H31N3O6. The van der Waals surface area contributed by atoms with Crippen molar-refractivity contribution in [2.24, 2.45) is 0 Å². The summed E-state index contributed by atoms with van der Waals surface area (Å²) in [4.78, 5) is 40.3. The number of aromatic nitrogens is 1. The molecule has 0 unspecified atom stereocenters. The predicted molar refractivity (Wildman–Crippen MR) is 141 cm³/mol. The number of hydrogen-bond acceptors (Lipinski definition) is 7. The highest BCUT2D eigenvalue weighted by Gasteiger charge is 2.45. The van der Waals surface area contributed by atoms with Crippen LogP contribution in [-0.2, 0) is 15.9 Å². The average molecular weight is 518 g/mol. The fourth-order valence-corrected chi connectivity index (χ4v) is 5.52. The Morgan fingerprint density at radius 3 is 2.50 bits per heavy atom. The number of amides is 1. The lowest BCUT2D eigenvalue weighted by atomic mass is 9.88. The van der Waals surface area contributed by atoms with Crippen LogP contribution in [0.3, 0.4) is 0 Å². The molecule has 0 N–H and O–H groups in total. The van der Waals surface area contributed by atoms with Gasteiger partial charge >= 0.3 is 6.16 Å². The van der Waals surface area contributed by atoms with Crippen molar-refractivity contribution in [1.29, 1.82) is 0 Å². The first-order valence-corrected chi connectivity index (χ1v) is 12.8. The van der Waals surface area contributed by atoms with E-state index in [4.69, 9.17) is 9.47 Å². The van der Waals surface area contributed by atoms with Crippen LogP contribution in [0.4, 0.5) is 4.79 Å². The van der Waals surface area contributed by atoms with Crippen LogP contribution in [0, 0.1) is 0 Å². The van der Waals surface area contributed by atoms with Gasteiger partial charge in [0.2, 0.25) is 18.0 Å². The quantitative estimate of drug-likeness (QED) is 0.370. The van der Waals surface area contributed by atoms with Gasteiger partial charge in [-0.1, -0.05) is 54.6 Å². The lowest BCUT2D eigenvalue weighted by Crippen LogP contribution is -2.64. The average Bonchev–Trinajstić information content (AvgIpc) is 2.91. The Morgan fingerprint density at radius 1 is 1.03 bits per heavy atom. The highest BCUT2D eigenvalue weighted by Crippen LogP contribution is 2.40. The van der Waals surface area contributed by atoms with Crippen molar-refractivity contribution in [1.82, 2.24) is 9.58 Å². The van der Waals surface area contributed by atoms with Gasteiger partial charge in [-0.25, -0.2) is 4.79 Å². The second-order valence-electron chi connectivity index (χ2n) is 9.63. The molecule has 2 aromatic carbocycles. The Labute approximate surface area is 221 Å². The molecule has 2 aliphatic heterocycles. The number of methoxy groups -OCH3 is 1. The smallest absolute Gasteiger partial charge is 0.451 e. The summed E-state index contributed by atoms with van der Waals surface area (Å²) in [5.41, 5.74) is 3.06. The van der Waals surface area contributed by atoms with Crippen LogP contribution in [0.5, 0.6) is 5.75 Å². The molecule has 3 heterocycles. The third-order valence-corrected chi connectivity index (χ3v) is 7.09. The van der Waals surface area contributed by atoms with E-state index >= 15 is 0 Å². The molecule has 5 rings (SSSR count). The molecule has 0 radical (unpaired) electrons. The van der Waals surface area contributed by atoms with Crippen molar-refractivity contribution in [3.63, 3.8) is 0 Å². The second kappa shape index (κ2) is 10.6. The van der Waals surface area contributed by atoms with Gasteiger partial charge in [-0.2, -0.15) is 0 Å². The molecule has 0 bridgehead atoms. The number of carbonyl (C=O) groups excluding carboxylic acids is 2. The van der Waals surface area contributed by atoms with Gasteiger partial charge in [0.15, 0.2) is 5.69 Å². The second-order valence-corrected chi connectivity index (χ2v) is 9.63. The number of fused-ring (bicyclic) bond motifs is 4. The first-order chi connectivity index (χ1) is 18.4. The van der Waals surface area contributed by atoms with Crippen LogP contribution in [0.15, 0.2) is 71.7 Å². The minimum Gasteiger partial charge on any atom is -0.451 e. The Bertz CT molecular complexity index is 1390. The van der Waals surface area contributed by atoms with Crippen molar-refractivity contribution in [2.45, 2.75) is 51.4 Å². The number of benzene rings is 2. The van der Waals surface area contributed by atoms with Gasteiger partial charge in [-0.05, 0) is 49.8 Å². The fraction of sp³-hybridized carbons (Fsp3) is 0.345. The number of pyridine rings is 1. The lowest BCUT2D eigenvalue weighted by molar-refractivity contribution is 0.0125. The summed E-state index contributed by atoms with van der Waals surface area (Å²) < 4.78 is 16.7. The molecular weight excluding hydrogens is 486 g/mol. The first kappa shape index (κ1) is 25.4. The monoisotopic (exact) mass is 517 g/mol. The van der Waals surface area contributed by atoms with E-state index in [2.05, 4.69) is 40.1 Å². The SMILES string of the molecule is COC(=O)OCOc1c2n(ccc1=O)N1[C@H](c3ccccc3)c3ccccc3CCC[C@H]1N(C(C)C)C2=O. The third-order valence-electron chi connectivity index (χ3n) is 7.09. The third kappa shape index (κ3) is 4.49. The summed E-state index contributed by atoms with van der Waals surface area (Å²) in [6, 6.07) is 19.5. The van der Waals surface area contributed by atoms with Crippen molar-refractivity contribution < 1.29 is 23.8 Å². The zero-order valence-electron chi connectivity index (χ0n) is 21.7. The predicted octanol–water partition coefficient (Wildman–Crippen LogP) is 4.22. The van der Waals surface area contributed by atoms with Gasteiger partial charge in [-0.3, -0.25) is 19.3 Å². The molecule has 1 amide bonds. The van der Waals surface area contributed by atoms with Gasteiger partial charge in [0, 0.05) is 18.3 Å². The number of hydrogen-bond donors (Lipinski definition) is 0. The summed E-state index contributed by atoms with van der Waals surface area (Å²) in [5, 5.41) is 2.18. The summed E-state index contributed by atoms with van der Waals surface area (Å²) >= 11 is 0. The standard InChI is InChI=1S/C29H31N3O6/c1-19(2)31-24-15-9-13-20-10-7-8-14-22(20)25(21-11-5-4-6-12-21)32(24)30-17-16-23(33)27(26(30)28(31)34)37-18-38-29(35)36-3/h4-8,10-12,14,16-17,19,24-25H,9,13,15,18H2,1-3H3/t24-,25+/m0/s1. The Morgan fingerprint density at radius 2 is 1.76 bits per heavy atom. The van der Waals surface area contributed by atoms with E-state index in [1.54, 1.807) is 10.9 Å². The summed E-state index contributed by atoms with van der Waals surface area (Å²) in [6.45, 7) is 3.37. The zero-order chi connectivity index (χ0) is 26.8. The maximum absolute atomic E-state index is 14.1. The van der Waals surface area contributed by atoms with Crippen molar-refractivity contribution >= 4 is 12.1 Å². The van der Waals surface area contributed by atoms with Crippen LogP contribution in [0.25, 0.3) is 0 Å². The van der Waals surface area contributed by atoms with Crippen LogP contribution in [0.2, 0.25) is 0 Å². The molecule has 9 nitrogen and oxygen atoms in total. The van der Waals surface area contributed by atoms with Gasteiger partial charge in [0.25, 0.3) is 5.91 Å². The Balaban J connectivity index is 1.74. The summed E-state index contributed by atoms with van der Waals surface area (Å²) in [5.74, 6) is -0.486. The number of ether oxygens (including phenoxy) is 3. The van der Waals surface area contributed by atoms with Gasteiger partial charge in [0.05, 0.1) is 13.2 Å². The molecule has 0 saturated carbocycles. The molecule has 2 atom stereocenters. The fourth-order valence-electron chi connectivity index (χ4n) is 5.52. The van der Waals surface area contributed by atoms with E-state index in [-0.39, 0.29) is 35.6 Å². The van der Waals surface area contributed by atoms with E-state index in [0.717, 1.165) is 30.4 Å². The Kier molecular flexibility index (Phi) is 7.09. The normalized spacial score (nSPS) is 18.6. The number of rotatable bonds is 5. The molecule has 198 valence electrons. The van der Waals surface area contributed by atoms with E-state index in [9.17, 15) is 14.4 Å². The van der Waals surface area contributed by atoms with E-state index in [1.165, 1.54) is 18.7 Å². The topological polar surface area (TPSA) is 90.3 Å². The lowest BCUT2D eigenvalue weighted by Gasteiger charge is -2.52. The van der Waals surface area contributed by atoms with Crippen LogP contribution < -0.4 is 15.2 Å². The highest BCUT2D eigenvalue weighted by atomic mass is 16.8.